The van der Waals surface area contributed by atoms with Gasteiger partial charge in [-0.05, 0) is 56.4 Å². The van der Waals surface area contributed by atoms with E-state index < -0.39 is 0 Å². The van der Waals surface area contributed by atoms with Gasteiger partial charge in [-0.25, -0.2) is 0 Å². The molecule has 0 aliphatic heterocycles. The van der Waals surface area contributed by atoms with Gasteiger partial charge in [-0.15, -0.1) is 0 Å². The van der Waals surface area contributed by atoms with Gasteiger partial charge in [0.25, 0.3) is 0 Å². The van der Waals surface area contributed by atoms with Gasteiger partial charge in [0.15, 0.2) is 0 Å². The molecule has 0 aliphatic carbocycles. The van der Waals surface area contributed by atoms with E-state index in [1.807, 2.05) is 0 Å². The first-order valence-electron chi connectivity index (χ1n) is 10.7. The molecule has 3 aromatic rings. The van der Waals surface area contributed by atoms with Crippen molar-refractivity contribution in [3.05, 3.63) is 41.0 Å². The number of hydrogen-bond donors (Lipinski definition) is 0. The summed E-state index contributed by atoms with van der Waals surface area (Å²) in [4.78, 5) is 0. The Hall–Kier alpha value is -1.96. The molecular formula is C25H34O2. The topological polar surface area (TPSA) is 22.4 Å². The van der Waals surface area contributed by atoms with Crippen molar-refractivity contribution in [3.8, 4) is 5.75 Å². The highest BCUT2D eigenvalue weighted by Gasteiger charge is 2.15. The Balaban J connectivity index is 1.82. The lowest BCUT2D eigenvalue weighted by Crippen LogP contribution is -1.98. The second-order valence-electron chi connectivity index (χ2n) is 7.76. The summed E-state index contributed by atoms with van der Waals surface area (Å²) in [5.74, 6) is 0.959. The molecule has 0 radical (unpaired) electrons. The van der Waals surface area contributed by atoms with Crippen LogP contribution in [0.5, 0.6) is 5.75 Å². The van der Waals surface area contributed by atoms with Crippen LogP contribution >= 0.6 is 0 Å². The second-order valence-corrected chi connectivity index (χ2v) is 7.76. The summed E-state index contributed by atoms with van der Waals surface area (Å²) in [6.07, 6.45) is 9.85. The van der Waals surface area contributed by atoms with Crippen LogP contribution < -0.4 is 4.74 Å². The van der Waals surface area contributed by atoms with Gasteiger partial charge in [0.1, 0.15) is 16.9 Å². The van der Waals surface area contributed by atoms with Crippen molar-refractivity contribution in [1.82, 2.24) is 0 Å². The molecule has 0 unspecified atom stereocenters. The van der Waals surface area contributed by atoms with Gasteiger partial charge in [-0.2, -0.15) is 0 Å². The van der Waals surface area contributed by atoms with Crippen LogP contribution in [0.4, 0.5) is 0 Å². The van der Waals surface area contributed by atoms with Crippen LogP contribution in [-0.4, -0.2) is 6.61 Å². The number of benzene rings is 2. The van der Waals surface area contributed by atoms with Crippen molar-refractivity contribution in [2.24, 2.45) is 0 Å². The van der Waals surface area contributed by atoms with E-state index in [-0.39, 0.29) is 0 Å². The summed E-state index contributed by atoms with van der Waals surface area (Å²) in [6, 6.07) is 8.77. The Bertz CT molecular complexity index is 888. The average molecular weight is 367 g/mol. The fraction of sp³-hybridized carbons (Fsp3) is 0.520. The maximum absolute atomic E-state index is 6.35. The van der Waals surface area contributed by atoms with E-state index in [0.29, 0.717) is 0 Å². The first-order chi connectivity index (χ1) is 13.2. The largest absolute Gasteiger partial charge is 0.493 e. The van der Waals surface area contributed by atoms with Gasteiger partial charge < -0.3 is 9.15 Å². The number of hydrogen-bond acceptors (Lipinski definition) is 2. The highest BCUT2D eigenvalue weighted by atomic mass is 16.5. The molecule has 2 nitrogen and oxygen atoms in total. The standard InChI is InChI=1S/C25H34O2/c1-5-7-9-10-11-17-26-23-16-15-22-21-14-13-20(12-8-6-2)18(3)24(21)27-25(22)19(23)4/h13-16H,5-12,17H2,1-4H3. The summed E-state index contributed by atoms with van der Waals surface area (Å²) in [5, 5.41) is 2.42. The lowest BCUT2D eigenvalue weighted by atomic mass is 10.00. The number of rotatable bonds is 10. The summed E-state index contributed by atoms with van der Waals surface area (Å²) in [6.45, 7) is 9.58. The maximum atomic E-state index is 6.35. The molecule has 0 fully saturated rings. The van der Waals surface area contributed by atoms with E-state index in [0.717, 1.165) is 41.9 Å². The number of ether oxygens (including phenoxy) is 1. The van der Waals surface area contributed by atoms with Gasteiger partial charge in [0.05, 0.1) is 6.61 Å². The van der Waals surface area contributed by atoms with E-state index in [4.69, 9.17) is 9.15 Å². The number of furan rings is 1. The Labute approximate surface area is 163 Å². The van der Waals surface area contributed by atoms with Crippen LogP contribution in [0.1, 0.15) is 75.5 Å². The molecular weight excluding hydrogens is 332 g/mol. The molecule has 1 heterocycles. The van der Waals surface area contributed by atoms with Crippen molar-refractivity contribution in [1.29, 1.82) is 0 Å². The van der Waals surface area contributed by atoms with Gasteiger partial charge in [-0.1, -0.05) is 58.1 Å². The monoisotopic (exact) mass is 366 g/mol. The molecule has 0 saturated carbocycles. The predicted molar refractivity (Wildman–Crippen MR) is 116 cm³/mol. The average Bonchev–Trinajstić information content (AvgIpc) is 3.06. The molecule has 2 aromatic carbocycles. The van der Waals surface area contributed by atoms with Crippen molar-refractivity contribution in [2.45, 2.75) is 79.1 Å². The molecule has 146 valence electrons. The first kappa shape index (κ1) is 19.8. The third kappa shape index (κ3) is 4.31. The number of fused-ring (bicyclic) bond motifs is 3. The smallest absolute Gasteiger partial charge is 0.142 e. The summed E-state index contributed by atoms with van der Waals surface area (Å²) < 4.78 is 12.4. The molecule has 0 aliphatic rings. The first-order valence-corrected chi connectivity index (χ1v) is 10.7. The predicted octanol–water partition coefficient (Wildman–Crippen LogP) is 7.89. The molecule has 1 aromatic heterocycles. The lowest BCUT2D eigenvalue weighted by molar-refractivity contribution is 0.302. The SMILES string of the molecule is CCCCCCCOc1ccc2c(oc3c(C)c(CCCC)ccc32)c1C. The zero-order valence-electron chi connectivity index (χ0n) is 17.5. The minimum atomic E-state index is 0.788. The van der Waals surface area contributed by atoms with E-state index in [1.165, 1.54) is 60.4 Å². The fourth-order valence-electron chi connectivity index (χ4n) is 3.88. The Morgan fingerprint density at radius 3 is 2.15 bits per heavy atom. The zero-order chi connectivity index (χ0) is 19.2. The zero-order valence-corrected chi connectivity index (χ0v) is 17.5. The molecule has 0 spiro atoms. The Morgan fingerprint density at radius 2 is 1.41 bits per heavy atom. The van der Waals surface area contributed by atoms with E-state index in [9.17, 15) is 0 Å². The van der Waals surface area contributed by atoms with Crippen LogP contribution in [0.15, 0.2) is 28.7 Å². The van der Waals surface area contributed by atoms with Crippen molar-refractivity contribution in [2.75, 3.05) is 6.61 Å². The second kappa shape index (κ2) is 9.30. The van der Waals surface area contributed by atoms with Crippen LogP contribution in [0.25, 0.3) is 21.9 Å². The van der Waals surface area contributed by atoms with Crippen LogP contribution in [0.2, 0.25) is 0 Å². The summed E-state index contributed by atoms with van der Waals surface area (Å²) >= 11 is 0. The molecule has 27 heavy (non-hydrogen) atoms. The molecule has 0 saturated heterocycles. The normalized spacial score (nSPS) is 11.6. The fourth-order valence-corrected chi connectivity index (χ4v) is 3.88. The minimum Gasteiger partial charge on any atom is -0.493 e. The van der Waals surface area contributed by atoms with Gasteiger partial charge >= 0.3 is 0 Å². The quantitative estimate of drug-likeness (QED) is 0.340. The molecule has 0 atom stereocenters. The molecule has 3 rings (SSSR count). The van der Waals surface area contributed by atoms with Gasteiger partial charge in [0, 0.05) is 16.3 Å². The summed E-state index contributed by atoms with van der Waals surface area (Å²) in [7, 11) is 0. The highest BCUT2D eigenvalue weighted by Crippen LogP contribution is 2.37. The third-order valence-corrected chi connectivity index (χ3v) is 5.67. The lowest BCUT2D eigenvalue weighted by Gasteiger charge is -2.09. The molecule has 0 bridgehead atoms. The third-order valence-electron chi connectivity index (χ3n) is 5.67. The Morgan fingerprint density at radius 1 is 0.741 bits per heavy atom. The van der Waals surface area contributed by atoms with Crippen LogP contribution in [0.3, 0.4) is 0 Å². The van der Waals surface area contributed by atoms with E-state index in [1.54, 1.807) is 0 Å². The van der Waals surface area contributed by atoms with Crippen LogP contribution in [-0.2, 0) is 6.42 Å². The van der Waals surface area contributed by atoms with Crippen molar-refractivity contribution < 1.29 is 9.15 Å². The van der Waals surface area contributed by atoms with E-state index in [2.05, 4.69) is 52.0 Å². The van der Waals surface area contributed by atoms with Gasteiger partial charge in [-0.3, -0.25) is 0 Å². The van der Waals surface area contributed by atoms with Crippen molar-refractivity contribution >= 4 is 21.9 Å². The molecule has 0 N–H and O–H groups in total. The van der Waals surface area contributed by atoms with Gasteiger partial charge in [0.2, 0.25) is 0 Å². The van der Waals surface area contributed by atoms with Crippen molar-refractivity contribution in [3.63, 3.8) is 0 Å². The number of unbranched alkanes of at least 4 members (excludes halogenated alkanes) is 5. The minimum absolute atomic E-state index is 0.788. The van der Waals surface area contributed by atoms with Crippen LogP contribution in [0, 0.1) is 13.8 Å². The Kier molecular flexibility index (Phi) is 6.82. The summed E-state index contributed by atoms with van der Waals surface area (Å²) in [5.41, 5.74) is 5.83. The highest BCUT2D eigenvalue weighted by molar-refractivity contribution is 6.07. The van der Waals surface area contributed by atoms with E-state index >= 15 is 0 Å². The maximum Gasteiger partial charge on any atom is 0.142 e. The number of aryl methyl sites for hydroxylation is 3. The molecule has 2 heteroatoms. The molecule has 0 amide bonds.